The van der Waals surface area contributed by atoms with E-state index < -0.39 is 0 Å². The molecule has 0 bridgehead atoms. The lowest BCUT2D eigenvalue weighted by Crippen LogP contribution is -2.46. The monoisotopic (exact) mass is 397 g/mol. The molecule has 0 saturated heterocycles. The molecule has 0 aliphatic heterocycles. The van der Waals surface area contributed by atoms with Gasteiger partial charge in [0.25, 0.3) is 5.91 Å². The third-order valence-electron chi connectivity index (χ3n) is 5.04. The Morgan fingerprint density at radius 1 is 1.25 bits per heavy atom. The normalized spacial score (nSPS) is 19.5. The van der Waals surface area contributed by atoms with Crippen molar-refractivity contribution >= 4 is 27.5 Å². The van der Waals surface area contributed by atoms with Crippen LogP contribution in [0.25, 0.3) is 10.2 Å². The maximum atomic E-state index is 12.9. The Kier molecular flexibility index (Phi) is 5.54. The van der Waals surface area contributed by atoms with Gasteiger partial charge in [0.15, 0.2) is 0 Å². The van der Waals surface area contributed by atoms with Crippen molar-refractivity contribution in [1.29, 1.82) is 0 Å². The zero-order chi connectivity index (χ0) is 19.5. The molecule has 0 aromatic carbocycles. The first-order chi connectivity index (χ1) is 13.6. The highest BCUT2D eigenvalue weighted by Crippen LogP contribution is 2.33. The van der Waals surface area contributed by atoms with Gasteiger partial charge in [-0.3, -0.25) is 9.78 Å². The van der Waals surface area contributed by atoms with Crippen LogP contribution in [0, 0.1) is 6.92 Å². The Hall–Kier alpha value is -2.51. The van der Waals surface area contributed by atoms with Crippen LogP contribution in [0.1, 0.15) is 41.9 Å². The summed E-state index contributed by atoms with van der Waals surface area (Å²) in [5.41, 5.74) is 2.02. The number of methoxy groups -OCH3 is 1. The van der Waals surface area contributed by atoms with Gasteiger partial charge in [0.05, 0.1) is 28.6 Å². The first-order valence-corrected chi connectivity index (χ1v) is 10.3. The van der Waals surface area contributed by atoms with Crippen molar-refractivity contribution in [2.24, 2.45) is 0 Å². The smallest absolute Gasteiger partial charge is 0.270 e. The summed E-state index contributed by atoms with van der Waals surface area (Å²) in [5.74, 6) is 1.04. The number of carbonyl (C=O) groups excluding carboxylic acids is 1. The maximum absolute atomic E-state index is 12.9. The molecule has 1 saturated carbocycles. The average molecular weight is 398 g/mol. The van der Waals surface area contributed by atoms with Gasteiger partial charge in [-0.2, -0.15) is 0 Å². The molecule has 3 aromatic rings. The van der Waals surface area contributed by atoms with E-state index in [-0.39, 0.29) is 18.1 Å². The largest absolute Gasteiger partial charge is 0.454 e. The predicted octanol–water partition coefficient (Wildman–Crippen LogP) is 4.48. The minimum atomic E-state index is -0.200. The molecule has 28 heavy (non-hydrogen) atoms. The Morgan fingerprint density at radius 3 is 2.89 bits per heavy atom. The van der Waals surface area contributed by atoms with E-state index in [1.54, 1.807) is 19.4 Å². The second kappa shape index (κ2) is 8.24. The fraction of sp³-hybridized carbons (Fsp3) is 0.381. The first kappa shape index (κ1) is 18.8. The molecule has 3 heterocycles. The molecule has 1 N–H and O–H groups in total. The summed E-state index contributed by atoms with van der Waals surface area (Å²) in [4.78, 5) is 21.7. The molecule has 2 atom stereocenters. The number of hydrogen-bond acceptors (Lipinski definition) is 6. The minimum absolute atomic E-state index is 0.0110. The maximum Gasteiger partial charge on any atom is 0.270 e. The summed E-state index contributed by atoms with van der Waals surface area (Å²) in [6.07, 6.45) is 5.84. The quantitative estimate of drug-likeness (QED) is 0.687. The fourth-order valence-corrected chi connectivity index (χ4v) is 4.33. The van der Waals surface area contributed by atoms with E-state index in [0.717, 1.165) is 41.6 Å². The van der Waals surface area contributed by atoms with Crippen molar-refractivity contribution in [3.05, 3.63) is 47.2 Å². The standard InChI is InChI=1S/C21H23N3O3S/c1-13-7-8-14(12-22-13)27-19-11-17(23-16-9-10-28-20(16)19)21(25)24-15-5-3-4-6-18(15)26-2/h7-12,15,18H,3-6H2,1-2H3,(H,24,25)/t15-,18-/m0/s1. The molecular formula is C21H23N3O3S. The lowest BCUT2D eigenvalue weighted by atomic mass is 9.92. The zero-order valence-electron chi connectivity index (χ0n) is 16.0. The Morgan fingerprint density at radius 2 is 2.11 bits per heavy atom. The van der Waals surface area contributed by atoms with E-state index in [4.69, 9.17) is 9.47 Å². The molecular weight excluding hydrogens is 374 g/mol. The summed E-state index contributed by atoms with van der Waals surface area (Å²) in [7, 11) is 1.70. The number of carbonyl (C=O) groups is 1. The topological polar surface area (TPSA) is 73.3 Å². The number of ether oxygens (including phenoxy) is 2. The van der Waals surface area contributed by atoms with Crippen LogP contribution in [0.15, 0.2) is 35.8 Å². The number of aryl methyl sites for hydroxylation is 1. The number of rotatable bonds is 5. The van der Waals surface area contributed by atoms with E-state index in [1.165, 1.54) is 11.3 Å². The van der Waals surface area contributed by atoms with Gasteiger partial charge in [-0.25, -0.2) is 4.98 Å². The van der Waals surface area contributed by atoms with E-state index in [0.29, 0.717) is 17.2 Å². The molecule has 146 valence electrons. The number of aromatic nitrogens is 2. The van der Waals surface area contributed by atoms with Crippen LogP contribution >= 0.6 is 11.3 Å². The van der Waals surface area contributed by atoms with Crippen molar-refractivity contribution in [1.82, 2.24) is 15.3 Å². The van der Waals surface area contributed by atoms with Crippen LogP contribution in [0.4, 0.5) is 0 Å². The number of amides is 1. The van der Waals surface area contributed by atoms with E-state index in [2.05, 4.69) is 15.3 Å². The van der Waals surface area contributed by atoms with Gasteiger partial charge in [-0.1, -0.05) is 12.8 Å². The first-order valence-electron chi connectivity index (χ1n) is 9.46. The number of nitrogens with one attached hydrogen (secondary N) is 1. The summed E-state index contributed by atoms with van der Waals surface area (Å²) < 4.78 is 12.5. The van der Waals surface area contributed by atoms with E-state index in [1.807, 2.05) is 30.5 Å². The minimum Gasteiger partial charge on any atom is -0.454 e. The van der Waals surface area contributed by atoms with Crippen molar-refractivity contribution in [2.75, 3.05) is 7.11 Å². The number of thiophene rings is 1. The van der Waals surface area contributed by atoms with Crippen LogP contribution in [0.2, 0.25) is 0 Å². The summed E-state index contributed by atoms with van der Waals surface area (Å²) in [5, 5.41) is 5.05. The van der Waals surface area contributed by atoms with Gasteiger partial charge in [0.2, 0.25) is 0 Å². The van der Waals surface area contributed by atoms with Crippen molar-refractivity contribution in [3.8, 4) is 11.5 Å². The van der Waals surface area contributed by atoms with Crippen LogP contribution in [0.5, 0.6) is 11.5 Å². The van der Waals surface area contributed by atoms with Gasteiger partial charge < -0.3 is 14.8 Å². The summed E-state index contributed by atoms with van der Waals surface area (Å²) in [6.45, 7) is 1.93. The zero-order valence-corrected chi connectivity index (χ0v) is 16.8. The van der Waals surface area contributed by atoms with Crippen LogP contribution in [-0.2, 0) is 4.74 Å². The highest BCUT2D eigenvalue weighted by Gasteiger charge is 2.27. The second-order valence-electron chi connectivity index (χ2n) is 7.02. The number of pyridine rings is 2. The molecule has 1 aliphatic carbocycles. The number of fused-ring (bicyclic) bond motifs is 1. The van der Waals surface area contributed by atoms with E-state index in [9.17, 15) is 4.79 Å². The van der Waals surface area contributed by atoms with Crippen LogP contribution < -0.4 is 10.1 Å². The molecule has 0 unspecified atom stereocenters. The lowest BCUT2D eigenvalue weighted by molar-refractivity contribution is 0.0391. The second-order valence-corrected chi connectivity index (χ2v) is 7.93. The fourth-order valence-electron chi connectivity index (χ4n) is 3.55. The summed E-state index contributed by atoms with van der Waals surface area (Å²) in [6, 6.07) is 7.38. The van der Waals surface area contributed by atoms with Crippen molar-refractivity contribution < 1.29 is 14.3 Å². The number of hydrogen-bond donors (Lipinski definition) is 1. The van der Waals surface area contributed by atoms with Gasteiger partial charge in [-0.05, 0) is 43.3 Å². The number of nitrogens with zero attached hydrogens (tertiary/aromatic N) is 2. The van der Waals surface area contributed by atoms with Gasteiger partial charge in [0, 0.05) is 18.9 Å². The van der Waals surface area contributed by atoms with Gasteiger partial charge >= 0.3 is 0 Å². The SMILES string of the molecule is CO[C@H]1CCCC[C@@H]1NC(=O)c1cc(Oc2ccc(C)nc2)c2sccc2n1. The molecule has 4 rings (SSSR count). The molecule has 1 fully saturated rings. The molecule has 7 heteroatoms. The molecule has 1 amide bonds. The Balaban J connectivity index is 1.60. The Bertz CT molecular complexity index is 971. The lowest BCUT2D eigenvalue weighted by Gasteiger charge is -2.30. The molecule has 1 aliphatic rings. The molecule has 0 radical (unpaired) electrons. The summed E-state index contributed by atoms with van der Waals surface area (Å²) >= 11 is 1.54. The third-order valence-corrected chi connectivity index (χ3v) is 5.96. The highest BCUT2D eigenvalue weighted by atomic mass is 32.1. The average Bonchev–Trinajstić information content (AvgIpc) is 3.19. The Labute approximate surface area is 167 Å². The van der Waals surface area contributed by atoms with Crippen molar-refractivity contribution in [2.45, 2.75) is 44.8 Å². The molecule has 6 nitrogen and oxygen atoms in total. The predicted molar refractivity (Wildman–Crippen MR) is 109 cm³/mol. The van der Waals surface area contributed by atoms with Gasteiger partial charge in [0.1, 0.15) is 17.2 Å². The highest BCUT2D eigenvalue weighted by molar-refractivity contribution is 7.17. The van der Waals surface area contributed by atoms with Crippen LogP contribution in [0.3, 0.4) is 0 Å². The van der Waals surface area contributed by atoms with E-state index >= 15 is 0 Å². The molecule has 3 aromatic heterocycles. The van der Waals surface area contributed by atoms with Crippen molar-refractivity contribution in [3.63, 3.8) is 0 Å². The van der Waals surface area contributed by atoms with Gasteiger partial charge in [-0.15, -0.1) is 11.3 Å². The third kappa shape index (κ3) is 4.00. The molecule has 0 spiro atoms. The van der Waals surface area contributed by atoms with Crippen LogP contribution in [-0.4, -0.2) is 35.1 Å².